The fourth-order valence-electron chi connectivity index (χ4n) is 3.16. The summed E-state index contributed by atoms with van der Waals surface area (Å²) in [7, 11) is 0. The lowest BCUT2D eigenvalue weighted by molar-refractivity contribution is -0.0392. The van der Waals surface area contributed by atoms with Crippen molar-refractivity contribution in [1.29, 1.82) is 0 Å². The number of carbonyl (C=O) groups is 1. The van der Waals surface area contributed by atoms with E-state index in [1.807, 2.05) is 47.8 Å². The Kier molecular flexibility index (Phi) is 4.62. The van der Waals surface area contributed by atoms with Crippen LogP contribution in [0, 0.1) is 0 Å². The first-order valence-electron chi connectivity index (χ1n) is 8.04. The van der Waals surface area contributed by atoms with Gasteiger partial charge in [0, 0.05) is 0 Å². The molecule has 0 spiro atoms. The minimum absolute atomic E-state index is 0.0727. The average molecular weight is 345 g/mol. The Balaban J connectivity index is 1.33. The normalized spacial score (nSPS) is 28.7. The molecule has 0 saturated carbocycles. The molecule has 2 aromatic rings. The molecule has 1 aromatic heterocycles. The van der Waals surface area contributed by atoms with Crippen molar-refractivity contribution < 1.29 is 19.0 Å². The number of carbonyl (C=O) groups excluding carboxylic acids is 1. The Hall–Kier alpha value is -1.73. The Morgan fingerprint density at radius 1 is 1.12 bits per heavy atom. The molecule has 2 aliphatic heterocycles. The maximum Gasteiger partial charge on any atom is 0.261 e. The van der Waals surface area contributed by atoms with E-state index in [2.05, 4.69) is 5.32 Å². The van der Waals surface area contributed by atoms with Gasteiger partial charge in [0.1, 0.15) is 18.3 Å². The summed E-state index contributed by atoms with van der Waals surface area (Å²) in [5.41, 5.74) is 1.13. The SMILES string of the molecule is O=C(NC1COC2C(OCc3ccccc3)COC12)c1cccs1. The van der Waals surface area contributed by atoms with Crippen LogP contribution in [0.2, 0.25) is 0 Å². The zero-order valence-electron chi connectivity index (χ0n) is 13.1. The molecule has 4 unspecified atom stereocenters. The molecule has 6 heteroatoms. The van der Waals surface area contributed by atoms with Crippen LogP contribution in [0.15, 0.2) is 47.8 Å². The summed E-state index contributed by atoms with van der Waals surface area (Å²) < 4.78 is 17.7. The standard InChI is InChI=1S/C18H19NO4S/c20-18(15-7-4-8-24-15)19-13-10-22-17-14(11-23-16(13)17)21-9-12-5-2-1-3-6-12/h1-8,13-14,16-17H,9-11H2,(H,19,20). The third-order valence-corrected chi connectivity index (χ3v) is 5.24. The van der Waals surface area contributed by atoms with Crippen molar-refractivity contribution in [3.05, 3.63) is 58.3 Å². The lowest BCUT2D eigenvalue weighted by atomic mass is 10.1. The summed E-state index contributed by atoms with van der Waals surface area (Å²) >= 11 is 1.43. The molecule has 5 nitrogen and oxygen atoms in total. The number of rotatable bonds is 5. The molecule has 4 rings (SSSR count). The van der Waals surface area contributed by atoms with E-state index >= 15 is 0 Å². The molecule has 2 fully saturated rings. The minimum Gasteiger partial charge on any atom is -0.370 e. The summed E-state index contributed by atoms with van der Waals surface area (Å²) in [6.45, 7) is 1.48. The second-order valence-corrected chi connectivity index (χ2v) is 6.94. The van der Waals surface area contributed by atoms with Gasteiger partial charge >= 0.3 is 0 Å². The van der Waals surface area contributed by atoms with Crippen molar-refractivity contribution in [2.75, 3.05) is 13.2 Å². The quantitative estimate of drug-likeness (QED) is 0.903. The number of thiophene rings is 1. The second kappa shape index (κ2) is 7.03. The van der Waals surface area contributed by atoms with Gasteiger partial charge in [-0.15, -0.1) is 11.3 Å². The van der Waals surface area contributed by atoms with E-state index in [0.717, 1.165) is 5.56 Å². The van der Waals surface area contributed by atoms with E-state index in [1.165, 1.54) is 11.3 Å². The van der Waals surface area contributed by atoms with Crippen LogP contribution in [0.3, 0.4) is 0 Å². The molecule has 2 saturated heterocycles. The number of nitrogens with one attached hydrogen (secondary N) is 1. The van der Waals surface area contributed by atoms with Crippen molar-refractivity contribution in [3.63, 3.8) is 0 Å². The van der Waals surface area contributed by atoms with E-state index < -0.39 is 0 Å². The number of hydrogen-bond donors (Lipinski definition) is 1. The lowest BCUT2D eigenvalue weighted by Gasteiger charge is -2.17. The predicted molar refractivity (Wildman–Crippen MR) is 90.1 cm³/mol. The van der Waals surface area contributed by atoms with Gasteiger partial charge < -0.3 is 19.5 Å². The summed E-state index contributed by atoms with van der Waals surface area (Å²) in [5, 5.41) is 4.90. The van der Waals surface area contributed by atoms with Gasteiger partial charge in [0.05, 0.1) is 30.7 Å². The van der Waals surface area contributed by atoms with Crippen LogP contribution >= 0.6 is 11.3 Å². The van der Waals surface area contributed by atoms with Crippen molar-refractivity contribution >= 4 is 17.2 Å². The van der Waals surface area contributed by atoms with Gasteiger partial charge in [-0.3, -0.25) is 4.79 Å². The van der Waals surface area contributed by atoms with E-state index in [-0.39, 0.29) is 30.3 Å². The van der Waals surface area contributed by atoms with Gasteiger partial charge in [-0.25, -0.2) is 0 Å². The van der Waals surface area contributed by atoms with Gasteiger partial charge in [-0.2, -0.15) is 0 Å². The van der Waals surface area contributed by atoms with Crippen LogP contribution in [-0.2, 0) is 20.8 Å². The zero-order valence-corrected chi connectivity index (χ0v) is 13.9. The molecule has 3 heterocycles. The third-order valence-electron chi connectivity index (χ3n) is 4.38. The van der Waals surface area contributed by atoms with Gasteiger partial charge in [-0.1, -0.05) is 36.4 Å². The molecule has 2 aliphatic rings. The highest BCUT2D eigenvalue weighted by Crippen LogP contribution is 2.29. The first-order chi connectivity index (χ1) is 11.8. The van der Waals surface area contributed by atoms with Gasteiger partial charge in [0.25, 0.3) is 5.91 Å². The smallest absolute Gasteiger partial charge is 0.261 e. The number of ether oxygens (including phenoxy) is 3. The zero-order chi connectivity index (χ0) is 16.4. The van der Waals surface area contributed by atoms with E-state index in [0.29, 0.717) is 24.7 Å². The molecular weight excluding hydrogens is 326 g/mol. The third kappa shape index (κ3) is 3.23. The van der Waals surface area contributed by atoms with Gasteiger partial charge in [0.2, 0.25) is 0 Å². The summed E-state index contributed by atoms with van der Waals surface area (Å²) in [6, 6.07) is 13.6. The Labute approximate surface area is 144 Å². The molecule has 1 N–H and O–H groups in total. The van der Waals surface area contributed by atoms with Crippen LogP contribution in [0.25, 0.3) is 0 Å². The summed E-state index contributed by atoms with van der Waals surface area (Å²) in [4.78, 5) is 12.9. The first-order valence-corrected chi connectivity index (χ1v) is 8.92. The number of hydrogen-bond acceptors (Lipinski definition) is 5. The van der Waals surface area contributed by atoms with Crippen LogP contribution < -0.4 is 5.32 Å². The maximum atomic E-state index is 12.2. The van der Waals surface area contributed by atoms with Gasteiger partial charge in [0.15, 0.2) is 0 Å². The number of fused-ring (bicyclic) bond motifs is 1. The molecular formula is C18H19NO4S. The summed E-state index contributed by atoms with van der Waals surface area (Å²) in [5.74, 6) is -0.0727. The number of benzene rings is 1. The fraction of sp³-hybridized carbons (Fsp3) is 0.389. The molecule has 1 aromatic carbocycles. The summed E-state index contributed by atoms with van der Waals surface area (Å²) in [6.07, 6.45) is -0.365. The van der Waals surface area contributed by atoms with Gasteiger partial charge in [-0.05, 0) is 17.0 Å². The van der Waals surface area contributed by atoms with Crippen LogP contribution in [0.1, 0.15) is 15.2 Å². The molecule has 0 aliphatic carbocycles. The Bertz CT molecular complexity index is 676. The Morgan fingerprint density at radius 3 is 2.75 bits per heavy atom. The monoisotopic (exact) mass is 345 g/mol. The number of amides is 1. The minimum atomic E-state index is -0.144. The van der Waals surface area contributed by atoms with Crippen molar-refractivity contribution in [3.8, 4) is 0 Å². The molecule has 24 heavy (non-hydrogen) atoms. The van der Waals surface area contributed by atoms with E-state index in [1.54, 1.807) is 0 Å². The highest BCUT2D eigenvalue weighted by atomic mass is 32.1. The van der Waals surface area contributed by atoms with E-state index in [4.69, 9.17) is 14.2 Å². The topological polar surface area (TPSA) is 56.8 Å². The van der Waals surface area contributed by atoms with Crippen LogP contribution in [-0.4, -0.2) is 43.5 Å². The van der Waals surface area contributed by atoms with Crippen LogP contribution in [0.5, 0.6) is 0 Å². The lowest BCUT2D eigenvalue weighted by Crippen LogP contribution is -2.44. The highest BCUT2D eigenvalue weighted by molar-refractivity contribution is 7.12. The van der Waals surface area contributed by atoms with Crippen molar-refractivity contribution in [2.24, 2.45) is 0 Å². The average Bonchev–Trinajstić information content (AvgIpc) is 3.33. The maximum absolute atomic E-state index is 12.2. The molecule has 1 amide bonds. The molecule has 4 atom stereocenters. The van der Waals surface area contributed by atoms with Crippen LogP contribution in [0.4, 0.5) is 0 Å². The van der Waals surface area contributed by atoms with Crippen molar-refractivity contribution in [1.82, 2.24) is 5.32 Å². The molecule has 0 radical (unpaired) electrons. The first kappa shape index (κ1) is 15.8. The predicted octanol–water partition coefficient (Wildman–Crippen LogP) is 2.23. The fourth-order valence-corrected chi connectivity index (χ4v) is 3.78. The largest absolute Gasteiger partial charge is 0.370 e. The van der Waals surface area contributed by atoms with E-state index in [9.17, 15) is 4.79 Å². The van der Waals surface area contributed by atoms with Crippen molar-refractivity contribution in [2.45, 2.75) is 31.0 Å². The second-order valence-electron chi connectivity index (χ2n) is 5.99. The highest BCUT2D eigenvalue weighted by Gasteiger charge is 2.48. The molecule has 126 valence electrons. The Morgan fingerprint density at radius 2 is 1.96 bits per heavy atom. The molecule has 0 bridgehead atoms.